The van der Waals surface area contributed by atoms with Crippen LogP contribution in [0, 0.1) is 0 Å². The fourth-order valence-electron chi connectivity index (χ4n) is 2.21. The summed E-state index contributed by atoms with van der Waals surface area (Å²) in [4.78, 5) is 15.8. The second-order valence-corrected chi connectivity index (χ2v) is 8.78. The Hall–Kier alpha value is -1.48. The van der Waals surface area contributed by atoms with Gasteiger partial charge in [-0.25, -0.2) is 8.42 Å². The maximum atomic E-state index is 11.6. The molecule has 0 amide bonds. The van der Waals surface area contributed by atoms with Gasteiger partial charge in [-0.05, 0) is 27.2 Å². The second-order valence-electron chi connectivity index (χ2n) is 6.60. The van der Waals surface area contributed by atoms with E-state index < -0.39 is 21.0 Å². The number of nitrogens with zero attached hydrogens (tertiary/aromatic N) is 2. The molecule has 2 N–H and O–H groups in total. The van der Waals surface area contributed by atoms with Gasteiger partial charge < -0.3 is 15.0 Å². The zero-order valence-corrected chi connectivity index (χ0v) is 13.8. The van der Waals surface area contributed by atoms with Crippen molar-refractivity contribution in [3.8, 4) is 0 Å². The topological polar surface area (TPSA) is 125 Å². The van der Waals surface area contributed by atoms with Crippen LogP contribution in [0.15, 0.2) is 4.52 Å². The molecule has 0 radical (unpaired) electrons. The molecule has 0 aromatic carbocycles. The van der Waals surface area contributed by atoms with Crippen LogP contribution >= 0.6 is 0 Å². The van der Waals surface area contributed by atoms with Crippen molar-refractivity contribution < 1.29 is 22.5 Å². The van der Waals surface area contributed by atoms with E-state index in [0.29, 0.717) is 0 Å². The summed E-state index contributed by atoms with van der Waals surface area (Å²) in [5, 5.41) is 3.76. The van der Waals surface area contributed by atoms with Gasteiger partial charge in [-0.2, -0.15) is 4.98 Å². The van der Waals surface area contributed by atoms with Gasteiger partial charge >= 0.3 is 5.97 Å². The quantitative estimate of drug-likeness (QED) is 0.782. The Morgan fingerprint density at radius 2 is 2.14 bits per heavy atom. The van der Waals surface area contributed by atoms with E-state index in [1.54, 1.807) is 20.8 Å². The molecule has 2 rings (SSSR count). The van der Waals surface area contributed by atoms with Crippen molar-refractivity contribution in [2.24, 2.45) is 5.73 Å². The Morgan fingerprint density at radius 3 is 2.68 bits per heavy atom. The van der Waals surface area contributed by atoms with Crippen LogP contribution in [0.5, 0.6) is 0 Å². The van der Waals surface area contributed by atoms with Crippen molar-refractivity contribution in [3.05, 3.63) is 11.7 Å². The molecule has 124 valence electrons. The lowest BCUT2D eigenvalue weighted by atomic mass is 10.00. The number of rotatable bonds is 4. The molecule has 0 spiro atoms. The van der Waals surface area contributed by atoms with Crippen LogP contribution in [-0.4, -0.2) is 41.6 Å². The summed E-state index contributed by atoms with van der Waals surface area (Å²) in [6, 6.07) is 0. The molecule has 1 saturated heterocycles. The highest BCUT2D eigenvalue weighted by atomic mass is 32.2. The maximum Gasteiger partial charge on any atom is 0.306 e. The highest BCUT2D eigenvalue weighted by Crippen LogP contribution is 2.29. The van der Waals surface area contributed by atoms with Crippen molar-refractivity contribution in [3.63, 3.8) is 0 Å². The van der Waals surface area contributed by atoms with E-state index in [4.69, 9.17) is 15.0 Å². The molecule has 1 aliphatic heterocycles. The minimum absolute atomic E-state index is 0.0191. The first-order chi connectivity index (χ1) is 9.99. The number of aryl methyl sites for hydroxylation is 1. The third-order valence-electron chi connectivity index (χ3n) is 3.21. The summed E-state index contributed by atoms with van der Waals surface area (Å²) in [6.07, 6.45) is 0.597. The number of hydrogen-bond donors (Lipinski definition) is 1. The van der Waals surface area contributed by atoms with Crippen LogP contribution in [0.2, 0.25) is 0 Å². The summed E-state index contributed by atoms with van der Waals surface area (Å²) < 4.78 is 33.3. The van der Waals surface area contributed by atoms with Gasteiger partial charge in [0, 0.05) is 6.42 Å². The highest BCUT2D eigenvalue weighted by Gasteiger charge is 2.44. The van der Waals surface area contributed by atoms with E-state index >= 15 is 0 Å². The molecule has 0 bridgehead atoms. The normalized spacial score (nSPS) is 24.4. The number of esters is 1. The number of sulfone groups is 1. The fourth-order valence-corrected chi connectivity index (χ4v) is 4.09. The number of aromatic nitrogens is 2. The predicted octanol–water partition coefficient (Wildman–Crippen LogP) is 0.316. The minimum atomic E-state index is -3.16. The average Bonchev–Trinajstić information content (AvgIpc) is 2.90. The van der Waals surface area contributed by atoms with Crippen molar-refractivity contribution in [1.29, 1.82) is 0 Å². The predicted molar refractivity (Wildman–Crippen MR) is 77.6 cm³/mol. The second kappa shape index (κ2) is 5.62. The van der Waals surface area contributed by atoms with Gasteiger partial charge in [0.25, 0.3) is 0 Å². The van der Waals surface area contributed by atoms with Crippen molar-refractivity contribution in [2.45, 2.75) is 51.2 Å². The summed E-state index contributed by atoms with van der Waals surface area (Å²) in [6.45, 7) is 5.36. The Kier molecular flexibility index (Phi) is 4.31. The molecule has 2 heterocycles. The molecule has 0 saturated carbocycles. The molecular formula is C13H21N3O5S. The van der Waals surface area contributed by atoms with Crippen LogP contribution in [0.1, 0.15) is 45.3 Å². The van der Waals surface area contributed by atoms with Crippen molar-refractivity contribution in [1.82, 2.24) is 10.1 Å². The molecule has 8 nitrogen and oxygen atoms in total. The van der Waals surface area contributed by atoms with E-state index in [1.807, 2.05) is 0 Å². The standard InChI is InChI=1S/C13H21N3O5S/c1-12(2,3)20-10(17)5-4-9-15-11(16-21-9)13(14)6-7-22(18,19)8-13/h4-8,14H2,1-3H3. The first-order valence-corrected chi connectivity index (χ1v) is 8.85. The lowest BCUT2D eigenvalue weighted by Crippen LogP contribution is -2.39. The monoisotopic (exact) mass is 331 g/mol. The van der Waals surface area contributed by atoms with Gasteiger partial charge in [0.1, 0.15) is 5.60 Å². The Bertz CT molecular complexity index is 661. The summed E-state index contributed by atoms with van der Waals surface area (Å²) >= 11 is 0. The molecule has 1 aromatic heterocycles. The smallest absolute Gasteiger partial charge is 0.306 e. The molecule has 0 aliphatic carbocycles. The van der Waals surface area contributed by atoms with Crippen LogP contribution in [-0.2, 0) is 31.3 Å². The first-order valence-electron chi connectivity index (χ1n) is 7.03. The fraction of sp³-hybridized carbons (Fsp3) is 0.769. The number of hydrogen-bond acceptors (Lipinski definition) is 8. The highest BCUT2D eigenvalue weighted by molar-refractivity contribution is 7.91. The lowest BCUT2D eigenvalue weighted by Gasteiger charge is -2.19. The molecular weight excluding hydrogens is 310 g/mol. The van der Waals surface area contributed by atoms with Crippen LogP contribution in [0.4, 0.5) is 0 Å². The maximum absolute atomic E-state index is 11.6. The van der Waals surface area contributed by atoms with Gasteiger partial charge in [-0.1, -0.05) is 5.16 Å². The molecule has 22 heavy (non-hydrogen) atoms. The van der Waals surface area contributed by atoms with Gasteiger partial charge in [0.2, 0.25) is 5.89 Å². The van der Waals surface area contributed by atoms with Gasteiger partial charge in [0.05, 0.1) is 23.5 Å². The summed E-state index contributed by atoms with van der Waals surface area (Å²) in [7, 11) is -3.16. The van der Waals surface area contributed by atoms with E-state index in [-0.39, 0.29) is 48.5 Å². The molecule has 1 unspecified atom stereocenters. The Morgan fingerprint density at radius 1 is 1.45 bits per heavy atom. The molecule has 1 aliphatic rings. The van der Waals surface area contributed by atoms with E-state index in [0.717, 1.165) is 0 Å². The molecule has 1 fully saturated rings. The number of carbonyl (C=O) groups is 1. The number of carbonyl (C=O) groups excluding carboxylic acids is 1. The Balaban J connectivity index is 1.97. The zero-order chi connectivity index (χ0) is 16.6. The van der Waals surface area contributed by atoms with Gasteiger partial charge in [0.15, 0.2) is 15.7 Å². The van der Waals surface area contributed by atoms with Crippen molar-refractivity contribution >= 4 is 15.8 Å². The van der Waals surface area contributed by atoms with E-state index in [2.05, 4.69) is 10.1 Å². The van der Waals surface area contributed by atoms with Crippen LogP contribution < -0.4 is 5.73 Å². The summed E-state index contributed by atoms with van der Waals surface area (Å²) in [5.74, 6) is -0.114. The summed E-state index contributed by atoms with van der Waals surface area (Å²) in [5.41, 5.74) is 4.40. The minimum Gasteiger partial charge on any atom is -0.460 e. The SMILES string of the molecule is CC(C)(C)OC(=O)CCc1nc(C2(N)CCS(=O)(=O)C2)no1. The van der Waals surface area contributed by atoms with Crippen LogP contribution in [0.25, 0.3) is 0 Å². The van der Waals surface area contributed by atoms with E-state index in [9.17, 15) is 13.2 Å². The zero-order valence-electron chi connectivity index (χ0n) is 13.0. The molecule has 9 heteroatoms. The average molecular weight is 331 g/mol. The third kappa shape index (κ3) is 4.26. The largest absolute Gasteiger partial charge is 0.460 e. The Labute approximate surface area is 129 Å². The van der Waals surface area contributed by atoms with Crippen molar-refractivity contribution in [2.75, 3.05) is 11.5 Å². The number of nitrogens with two attached hydrogens (primary N) is 1. The van der Waals surface area contributed by atoms with Gasteiger partial charge in [-0.15, -0.1) is 0 Å². The van der Waals surface area contributed by atoms with E-state index in [1.165, 1.54) is 0 Å². The third-order valence-corrected chi connectivity index (χ3v) is 4.99. The molecule has 1 aromatic rings. The number of ether oxygens (including phenoxy) is 1. The van der Waals surface area contributed by atoms with Gasteiger partial charge in [-0.3, -0.25) is 4.79 Å². The first kappa shape index (κ1) is 16.9. The lowest BCUT2D eigenvalue weighted by molar-refractivity contribution is -0.154. The van der Waals surface area contributed by atoms with Crippen LogP contribution in [0.3, 0.4) is 0 Å². The molecule has 1 atom stereocenters.